The number of aromatic amines is 1. The number of carbonyl (C=O) groups excluding carboxylic acids is 1. The maximum absolute atomic E-state index is 14.0. The smallest absolute Gasteiger partial charge is 0.257 e. The van der Waals surface area contributed by atoms with Gasteiger partial charge in [0.25, 0.3) is 5.91 Å². The second-order valence-electron chi connectivity index (χ2n) is 6.58. The molecule has 0 aliphatic heterocycles. The Kier molecular flexibility index (Phi) is 4.46. The van der Waals surface area contributed by atoms with Gasteiger partial charge in [-0.3, -0.25) is 4.79 Å². The van der Waals surface area contributed by atoms with E-state index in [1.165, 1.54) is 6.07 Å². The van der Waals surface area contributed by atoms with E-state index in [2.05, 4.69) is 15.3 Å². The van der Waals surface area contributed by atoms with Gasteiger partial charge in [-0.25, -0.2) is 18.2 Å². The van der Waals surface area contributed by atoms with Crippen molar-refractivity contribution in [1.82, 2.24) is 9.97 Å². The summed E-state index contributed by atoms with van der Waals surface area (Å²) in [6, 6.07) is 10.2. The molecule has 0 aliphatic rings. The summed E-state index contributed by atoms with van der Waals surface area (Å²) in [6.45, 7) is 1.61. The van der Waals surface area contributed by atoms with Gasteiger partial charge in [0.05, 0.1) is 22.2 Å². The number of hydrogen-bond donors (Lipinski definition) is 3. The molecule has 5 nitrogen and oxygen atoms in total. The summed E-state index contributed by atoms with van der Waals surface area (Å²) in [7, 11) is 0. The predicted octanol–water partition coefficient (Wildman–Crippen LogP) is 4.79. The molecule has 4 rings (SSSR count). The van der Waals surface area contributed by atoms with Crippen LogP contribution in [-0.2, 0) is 0 Å². The van der Waals surface area contributed by atoms with E-state index in [1.54, 1.807) is 25.1 Å². The lowest BCUT2D eigenvalue weighted by atomic mass is 10.1. The molecular weight excluding hydrogens is 381 g/mol. The molecular formula is C21H15F3N4O. The molecule has 0 fully saturated rings. The van der Waals surface area contributed by atoms with Crippen LogP contribution in [0.2, 0.25) is 0 Å². The van der Waals surface area contributed by atoms with Crippen molar-refractivity contribution in [2.45, 2.75) is 6.92 Å². The normalized spacial score (nSPS) is 11.0. The van der Waals surface area contributed by atoms with Gasteiger partial charge in [0, 0.05) is 11.4 Å². The van der Waals surface area contributed by atoms with Crippen LogP contribution in [0.1, 0.15) is 15.9 Å². The summed E-state index contributed by atoms with van der Waals surface area (Å²) in [4.78, 5) is 19.7. The number of aromatic nitrogens is 2. The van der Waals surface area contributed by atoms with E-state index in [-0.39, 0.29) is 22.6 Å². The number of amides is 1. The zero-order valence-electron chi connectivity index (χ0n) is 15.2. The maximum atomic E-state index is 14.0. The Labute approximate surface area is 163 Å². The average molecular weight is 396 g/mol. The van der Waals surface area contributed by atoms with Crippen LogP contribution in [0.15, 0.2) is 48.5 Å². The lowest BCUT2D eigenvalue weighted by Crippen LogP contribution is -2.15. The van der Waals surface area contributed by atoms with Crippen LogP contribution >= 0.6 is 0 Å². The lowest BCUT2D eigenvalue weighted by Gasteiger charge is -2.10. The van der Waals surface area contributed by atoms with Crippen molar-refractivity contribution in [2.75, 3.05) is 11.1 Å². The van der Waals surface area contributed by atoms with E-state index in [9.17, 15) is 18.0 Å². The van der Waals surface area contributed by atoms with Gasteiger partial charge >= 0.3 is 0 Å². The standard InChI is InChI=1S/C21H15F3N4O/c1-10-6-12(23)8-15(19(10)25)21(29)26-13-3-5-17-18(9-13)28-20(27-17)14-7-11(22)2-4-16(14)24/h2-9H,25H2,1H3,(H,26,29)(H,27,28). The van der Waals surface area contributed by atoms with Gasteiger partial charge in [-0.2, -0.15) is 0 Å². The second kappa shape index (κ2) is 6.97. The van der Waals surface area contributed by atoms with Crippen LogP contribution in [0.5, 0.6) is 0 Å². The minimum Gasteiger partial charge on any atom is -0.398 e. The van der Waals surface area contributed by atoms with E-state index in [1.807, 2.05) is 0 Å². The molecule has 4 aromatic rings. The van der Waals surface area contributed by atoms with Gasteiger partial charge < -0.3 is 16.0 Å². The van der Waals surface area contributed by atoms with E-state index in [0.29, 0.717) is 22.3 Å². The molecule has 0 saturated carbocycles. The molecule has 0 atom stereocenters. The zero-order chi connectivity index (χ0) is 20.7. The summed E-state index contributed by atoms with van der Waals surface area (Å²) in [6.07, 6.45) is 0. The monoisotopic (exact) mass is 396 g/mol. The van der Waals surface area contributed by atoms with Crippen molar-refractivity contribution in [3.63, 3.8) is 0 Å². The molecule has 4 N–H and O–H groups in total. The molecule has 0 spiro atoms. The van der Waals surface area contributed by atoms with Crippen molar-refractivity contribution in [3.8, 4) is 11.4 Å². The van der Waals surface area contributed by atoms with Gasteiger partial charge in [-0.05, 0) is 61.0 Å². The first kappa shape index (κ1) is 18.5. The summed E-state index contributed by atoms with van der Waals surface area (Å²) in [5.74, 6) is -2.17. The minimum atomic E-state index is -0.615. The number of nitrogen functional groups attached to an aromatic ring is 1. The maximum Gasteiger partial charge on any atom is 0.257 e. The fourth-order valence-electron chi connectivity index (χ4n) is 3.03. The Bertz CT molecular complexity index is 1270. The van der Waals surface area contributed by atoms with Crippen molar-refractivity contribution in [3.05, 3.63) is 77.1 Å². The molecule has 1 heterocycles. The SMILES string of the molecule is Cc1cc(F)cc(C(=O)Nc2ccc3nc(-c4cc(F)ccc4F)[nH]c3c2)c1N. The molecule has 0 bridgehead atoms. The Hall–Kier alpha value is -3.81. The molecule has 1 aromatic heterocycles. The van der Waals surface area contributed by atoms with Crippen LogP contribution in [0.3, 0.4) is 0 Å². The van der Waals surface area contributed by atoms with E-state index >= 15 is 0 Å². The summed E-state index contributed by atoms with van der Waals surface area (Å²) >= 11 is 0. The second-order valence-corrected chi connectivity index (χ2v) is 6.58. The fraction of sp³-hybridized carbons (Fsp3) is 0.0476. The van der Waals surface area contributed by atoms with Crippen molar-refractivity contribution < 1.29 is 18.0 Å². The van der Waals surface area contributed by atoms with Crippen LogP contribution in [0.4, 0.5) is 24.5 Å². The first-order valence-corrected chi connectivity index (χ1v) is 8.64. The number of imidazole rings is 1. The Morgan fingerprint density at radius 3 is 2.62 bits per heavy atom. The van der Waals surface area contributed by atoms with Crippen molar-refractivity contribution in [2.24, 2.45) is 0 Å². The lowest BCUT2D eigenvalue weighted by molar-refractivity contribution is 0.102. The molecule has 8 heteroatoms. The van der Waals surface area contributed by atoms with E-state index in [4.69, 9.17) is 5.73 Å². The number of nitrogens with one attached hydrogen (secondary N) is 2. The third-order valence-corrected chi connectivity index (χ3v) is 4.52. The highest BCUT2D eigenvalue weighted by molar-refractivity contribution is 6.08. The number of rotatable bonds is 3. The van der Waals surface area contributed by atoms with Gasteiger partial charge in [0.2, 0.25) is 0 Å². The van der Waals surface area contributed by atoms with E-state index < -0.39 is 23.4 Å². The molecule has 146 valence electrons. The minimum absolute atomic E-state index is 0.00482. The highest BCUT2D eigenvalue weighted by atomic mass is 19.1. The zero-order valence-corrected chi connectivity index (χ0v) is 15.2. The fourth-order valence-corrected chi connectivity index (χ4v) is 3.03. The number of carbonyl (C=O) groups is 1. The number of hydrogen-bond acceptors (Lipinski definition) is 3. The van der Waals surface area contributed by atoms with Crippen LogP contribution in [0.25, 0.3) is 22.4 Å². The molecule has 0 saturated heterocycles. The molecule has 29 heavy (non-hydrogen) atoms. The molecule has 1 amide bonds. The number of anilines is 2. The number of nitrogens with two attached hydrogens (primary N) is 1. The van der Waals surface area contributed by atoms with Crippen molar-refractivity contribution in [1.29, 1.82) is 0 Å². The van der Waals surface area contributed by atoms with Crippen LogP contribution in [-0.4, -0.2) is 15.9 Å². The summed E-state index contributed by atoms with van der Waals surface area (Å²) in [5, 5.41) is 2.65. The largest absolute Gasteiger partial charge is 0.398 e. The van der Waals surface area contributed by atoms with Crippen molar-refractivity contribution >= 4 is 28.3 Å². The third kappa shape index (κ3) is 3.52. The Balaban J connectivity index is 1.66. The Morgan fingerprint density at radius 1 is 1.03 bits per heavy atom. The molecule has 0 unspecified atom stereocenters. The Morgan fingerprint density at radius 2 is 1.83 bits per heavy atom. The first-order valence-electron chi connectivity index (χ1n) is 8.64. The molecule has 3 aromatic carbocycles. The van der Waals surface area contributed by atoms with Gasteiger partial charge in [-0.15, -0.1) is 0 Å². The number of nitrogens with zero attached hydrogens (tertiary/aromatic N) is 1. The van der Waals surface area contributed by atoms with Gasteiger partial charge in [-0.1, -0.05) is 0 Å². The topological polar surface area (TPSA) is 83.8 Å². The highest BCUT2D eigenvalue weighted by Crippen LogP contribution is 2.26. The number of benzene rings is 3. The van der Waals surface area contributed by atoms with Crippen LogP contribution in [0, 0.1) is 24.4 Å². The summed E-state index contributed by atoms with van der Waals surface area (Å²) in [5.41, 5.74) is 7.96. The third-order valence-electron chi connectivity index (χ3n) is 4.52. The number of aryl methyl sites for hydroxylation is 1. The highest BCUT2D eigenvalue weighted by Gasteiger charge is 2.15. The average Bonchev–Trinajstić information content (AvgIpc) is 3.09. The first-order chi connectivity index (χ1) is 13.8. The molecule has 0 aliphatic carbocycles. The number of halogens is 3. The van der Waals surface area contributed by atoms with Crippen LogP contribution < -0.4 is 11.1 Å². The molecule has 0 radical (unpaired) electrons. The summed E-state index contributed by atoms with van der Waals surface area (Å²) < 4.78 is 41.1. The predicted molar refractivity (Wildman–Crippen MR) is 105 cm³/mol. The number of H-pyrrole nitrogens is 1. The van der Waals surface area contributed by atoms with Gasteiger partial charge in [0.15, 0.2) is 0 Å². The van der Waals surface area contributed by atoms with E-state index in [0.717, 1.165) is 24.3 Å². The number of fused-ring (bicyclic) bond motifs is 1. The quantitative estimate of drug-likeness (QED) is 0.436. The van der Waals surface area contributed by atoms with Gasteiger partial charge in [0.1, 0.15) is 23.3 Å².